The topological polar surface area (TPSA) is 24.9 Å². The van der Waals surface area contributed by atoms with E-state index in [1.165, 1.54) is 6.07 Å². The van der Waals surface area contributed by atoms with Crippen molar-refractivity contribution in [1.82, 2.24) is 4.98 Å². The van der Waals surface area contributed by atoms with E-state index in [2.05, 4.69) is 10.3 Å². The number of nitrogens with one attached hydrogen (secondary N) is 1. The van der Waals surface area contributed by atoms with Gasteiger partial charge in [-0.05, 0) is 30.3 Å². The minimum Gasteiger partial charge on any atom is -0.353 e. The summed E-state index contributed by atoms with van der Waals surface area (Å²) in [5.41, 5.74) is 1.01. The predicted molar refractivity (Wildman–Crippen MR) is 63.9 cm³/mol. The number of hydrogen-bond donors (Lipinski definition) is 1. The summed E-state index contributed by atoms with van der Waals surface area (Å²) in [6, 6.07) is 7.71. The van der Waals surface area contributed by atoms with Crippen LogP contribution < -0.4 is 5.32 Å². The number of pyridine rings is 1. The highest BCUT2D eigenvalue weighted by Crippen LogP contribution is 2.23. The van der Waals surface area contributed by atoms with Crippen LogP contribution in [0.4, 0.5) is 15.8 Å². The number of hydrogen-bond acceptors (Lipinski definition) is 2. The van der Waals surface area contributed by atoms with Gasteiger partial charge in [0, 0.05) is 16.9 Å². The zero-order valence-electron chi connectivity index (χ0n) is 8.05. The van der Waals surface area contributed by atoms with Crippen LogP contribution >= 0.6 is 23.2 Å². The Morgan fingerprint density at radius 2 is 1.94 bits per heavy atom. The molecule has 0 spiro atoms. The van der Waals surface area contributed by atoms with E-state index in [0.717, 1.165) is 0 Å². The molecule has 5 heteroatoms. The van der Waals surface area contributed by atoms with Crippen LogP contribution in [0.1, 0.15) is 0 Å². The first-order valence-corrected chi connectivity index (χ1v) is 5.24. The summed E-state index contributed by atoms with van der Waals surface area (Å²) in [6.45, 7) is 0. The van der Waals surface area contributed by atoms with Crippen molar-refractivity contribution < 1.29 is 4.39 Å². The van der Waals surface area contributed by atoms with Crippen molar-refractivity contribution in [2.24, 2.45) is 0 Å². The Balaban J connectivity index is 2.27. The average Bonchev–Trinajstić information content (AvgIpc) is 2.22. The number of anilines is 2. The van der Waals surface area contributed by atoms with Gasteiger partial charge in [0.2, 0.25) is 0 Å². The molecule has 0 amide bonds. The number of nitrogens with zero attached hydrogens (tertiary/aromatic N) is 1. The molecule has 0 saturated heterocycles. The van der Waals surface area contributed by atoms with Crippen LogP contribution in [-0.2, 0) is 0 Å². The van der Waals surface area contributed by atoms with Crippen LogP contribution in [0.25, 0.3) is 0 Å². The first kappa shape index (κ1) is 11.2. The molecule has 0 radical (unpaired) electrons. The Morgan fingerprint density at radius 1 is 1.12 bits per heavy atom. The van der Waals surface area contributed by atoms with E-state index in [9.17, 15) is 4.39 Å². The molecule has 0 fully saturated rings. The third-order valence-corrected chi connectivity index (χ3v) is 2.38. The Kier molecular flexibility index (Phi) is 3.27. The van der Waals surface area contributed by atoms with Crippen molar-refractivity contribution >= 4 is 34.6 Å². The predicted octanol–water partition coefficient (Wildman–Crippen LogP) is 4.27. The van der Waals surface area contributed by atoms with E-state index >= 15 is 0 Å². The molecule has 2 rings (SSSR count). The van der Waals surface area contributed by atoms with E-state index in [-0.39, 0.29) is 0 Å². The smallest absolute Gasteiger partial charge is 0.148 e. The highest BCUT2D eigenvalue weighted by atomic mass is 35.5. The zero-order valence-corrected chi connectivity index (χ0v) is 9.56. The fourth-order valence-corrected chi connectivity index (χ4v) is 1.56. The summed E-state index contributed by atoms with van der Waals surface area (Å²) in [4.78, 5) is 3.83. The molecule has 1 heterocycles. The maximum absolute atomic E-state index is 13.4. The fourth-order valence-electron chi connectivity index (χ4n) is 1.23. The molecule has 2 nitrogen and oxygen atoms in total. The lowest BCUT2D eigenvalue weighted by atomic mass is 10.3. The molecule has 16 heavy (non-hydrogen) atoms. The molecule has 1 aromatic heterocycles. The molecule has 1 aromatic carbocycles. The summed E-state index contributed by atoms with van der Waals surface area (Å²) >= 11 is 11.4. The monoisotopic (exact) mass is 256 g/mol. The van der Waals surface area contributed by atoms with Gasteiger partial charge >= 0.3 is 0 Å². The van der Waals surface area contributed by atoms with Crippen molar-refractivity contribution in [2.45, 2.75) is 0 Å². The Morgan fingerprint density at radius 3 is 2.62 bits per heavy atom. The minimum absolute atomic E-state index is 0.340. The molecule has 0 bridgehead atoms. The molecule has 0 aliphatic rings. The van der Waals surface area contributed by atoms with Gasteiger partial charge in [0.05, 0.1) is 5.69 Å². The number of aromatic nitrogens is 1. The maximum Gasteiger partial charge on any atom is 0.148 e. The first-order valence-electron chi connectivity index (χ1n) is 4.49. The molecule has 1 N–H and O–H groups in total. The fraction of sp³-hybridized carbons (Fsp3) is 0. The number of benzene rings is 1. The number of rotatable bonds is 2. The van der Waals surface area contributed by atoms with Crippen LogP contribution in [0.3, 0.4) is 0 Å². The molecular formula is C11H7Cl2FN2. The van der Waals surface area contributed by atoms with Crippen molar-refractivity contribution in [3.05, 3.63) is 52.5 Å². The Labute approximate surface area is 102 Å². The van der Waals surface area contributed by atoms with Crippen molar-refractivity contribution in [2.75, 3.05) is 5.32 Å². The second-order valence-corrected chi connectivity index (χ2v) is 3.94. The van der Waals surface area contributed by atoms with Gasteiger partial charge in [0.15, 0.2) is 0 Å². The molecule has 0 unspecified atom stereocenters. The second-order valence-electron chi connectivity index (χ2n) is 3.12. The lowest BCUT2D eigenvalue weighted by molar-refractivity contribution is 0.632. The summed E-state index contributed by atoms with van der Waals surface area (Å²) in [5.74, 6) is -0.416. The van der Waals surface area contributed by atoms with Gasteiger partial charge in [-0.2, -0.15) is 0 Å². The summed E-state index contributed by atoms with van der Waals surface area (Å²) in [6.07, 6.45) is 1.54. The van der Waals surface area contributed by atoms with Crippen LogP contribution in [0.5, 0.6) is 0 Å². The van der Waals surface area contributed by atoms with E-state index in [1.54, 1.807) is 30.5 Å². The first-order chi connectivity index (χ1) is 7.65. The quantitative estimate of drug-likeness (QED) is 0.812. The molecule has 0 aliphatic carbocycles. The minimum atomic E-state index is -0.416. The van der Waals surface area contributed by atoms with E-state index in [0.29, 0.717) is 21.6 Å². The van der Waals surface area contributed by atoms with Gasteiger partial charge in [-0.25, -0.2) is 9.37 Å². The van der Waals surface area contributed by atoms with E-state index < -0.39 is 5.82 Å². The molecule has 0 atom stereocenters. The van der Waals surface area contributed by atoms with Gasteiger partial charge in [0.25, 0.3) is 0 Å². The summed E-state index contributed by atoms with van der Waals surface area (Å²) in [5, 5.41) is 3.59. The number of halogens is 3. The Hall–Kier alpha value is -1.32. The molecule has 0 aliphatic heterocycles. The largest absolute Gasteiger partial charge is 0.353 e. The average molecular weight is 257 g/mol. The second kappa shape index (κ2) is 4.68. The lowest BCUT2D eigenvalue weighted by Crippen LogP contribution is -1.93. The third kappa shape index (κ3) is 2.62. The standard InChI is InChI=1S/C11H7Cl2FN2/c12-7-1-2-10(9(14)5-7)16-8-3-4-15-11(13)6-8/h1-6H,(H,15,16). The maximum atomic E-state index is 13.4. The third-order valence-electron chi connectivity index (χ3n) is 1.94. The van der Waals surface area contributed by atoms with Gasteiger partial charge < -0.3 is 5.32 Å². The molecule has 2 aromatic rings. The summed E-state index contributed by atoms with van der Waals surface area (Å²) in [7, 11) is 0. The SMILES string of the molecule is Fc1cc(Cl)ccc1Nc1ccnc(Cl)c1. The van der Waals surface area contributed by atoms with E-state index in [4.69, 9.17) is 23.2 Å². The normalized spacial score (nSPS) is 10.2. The van der Waals surface area contributed by atoms with Gasteiger partial charge in [0.1, 0.15) is 11.0 Å². The van der Waals surface area contributed by atoms with Crippen LogP contribution in [0.15, 0.2) is 36.5 Å². The highest BCUT2D eigenvalue weighted by molar-refractivity contribution is 6.30. The molecule has 82 valence electrons. The van der Waals surface area contributed by atoms with Crippen molar-refractivity contribution in [1.29, 1.82) is 0 Å². The van der Waals surface area contributed by atoms with Crippen LogP contribution in [-0.4, -0.2) is 4.98 Å². The van der Waals surface area contributed by atoms with Gasteiger partial charge in [-0.3, -0.25) is 0 Å². The van der Waals surface area contributed by atoms with Gasteiger partial charge in [-0.1, -0.05) is 23.2 Å². The van der Waals surface area contributed by atoms with Crippen molar-refractivity contribution in [3.8, 4) is 0 Å². The zero-order chi connectivity index (χ0) is 11.5. The lowest BCUT2D eigenvalue weighted by Gasteiger charge is -2.07. The molecule has 0 saturated carbocycles. The highest BCUT2D eigenvalue weighted by Gasteiger charge is 2.03. The van der Waals surface area contributed by atoms with Crippen LogP contribution in [0, 0.1) is 5.82 Å². The van der Waals surface area contributed by atoms with Crippen molar-refractivity contribution in [3.63, 3.8) is 0 Å². The van der Waals surface area contributed by atoms with Crippen LogP contribution in [0.2, 0.25) is 10.2 Å². The molecular weight excluding hydrogens is 250 g/mol. The Bertz CT molecular complexity index is 517. The summed E-state index contributed by atoms with van der Waals surface area (Å²) < 4.78 is 13.4. The van der Waals surface area contributed by atoms with E-state index in [1.807, 2.05) is 0 Å². The van der Waals surface area contributed by atoms with Gasteiger partial charge in [-0.15, -0.1) is 0 Å².